The molecule has 0 fully saturated rings. The Morgan fingerprint density at radius 3 is 3.07 bits per heavy atom. The maximum Gasteiger partial charge on any atom is 0.224 e. The van der Waals surface area contributed by atoms with Gasteiger partial charge in [-0.3, -0.25) is 5.10 Å². The van der Waals surface area contributed by atoms with Gasteiger partial charge in [-0.25, -0.2) is 4.98 Å². The molecule has 0 spiro atoms. The number of nitrogens with zero attached hydrogens (tertiary/aromatic N) is 3. The van der Waals surface area contributed by atoms with Crippen LogP contribution in [-0.2, 0) is 6.54 Å². The fourth-order valence-electron chi connectivity index (χ4n) is 1.19. The van der Waals surface area contributed by atoms with Crippen LogP contribution in [0.5, 0.6) is 0 Å². The zero-order valence-corrected chi connectivity index (χ0v) is 8.36. The Labute approximate surface area is 86.9 Å². The van der Waals surface area contributed by atoms with Crippen LogP contribution in [0.1, 0.15) is 11.3 Å². The Morgan fingerprint density at radius 1 is 1.53 bits per heavy atom. The van der Waals surface area contributed by atoms with Gasteiger partial charge in [-0.2, -0.15) is 10.1 Å². The van der Waals surface area contributed by atoms with Crippen molar-refractivity contribution in [1.29, 1.82) is 0 Å². The maximum atomic E-state index is 5.53. The van der Waals surface area contributed by atoms with Gasteiger partial charge in [0.15, 0.2) is 0 Å². The number of aryl methyl sites for hydroxylation is 1. The highest BCUT2D eigenvalue weighted by Gasteiger charge is 2.01. The number of nitrogen functional groups attached to an aromatic ring is 1. The van der Waals surface area contributed by atoms with Gasteiger partial charge in [0.2, 0.25) is 5.95 Å². The summed E-state index contributed by atoms with van der Waals surface area (Å²) in [6.07, 6.45) is 3.39. The van der Waals surface area contributed by atoms with Crippen LogP contribution in [0.4, 0.5) is 11.8 Å². The molecule has 4 N–H and O–H groups in total. The quantitative estimate of drug-likeness (QED) is 0.684. The van der Waals surface area contributed by atoms with Crippen LogP contribution in [0.15, 0.2) is 18.5 Å². The molecule has 2 rings (SSSR count). The number of H-pyrrole nitrogens is 1. The lowest BCUT2D eigenvalue weighted by Crippen LogP contribution is -2.04. The molecular formula is C9H12N6. The lowest BCUT2D eigenvalue weighted by molar-refractivity contribution is 1.03. The van der Waals surface area contributed by atoms with Crippen LogP contribution in [0.2, 0.25) is 0 Å². The smallest absolute Gasteiger partial charge is 0.224 e. The summed E-state index contributed by atoms with van der Waals surface area (Å²) >= 11 is 0. The van der Waals surface area contributed by atoms with E-state index in [1.165, 1.54) is 0 Å². The fraction of sp³-hybridized carbons (Fsp3) is 0.222. The summed E-state index contributed by atoms with van der Waals surface area (Å²) in [7, 11) is 0. The van der Waals surface area contributed by atoms with Crippen molar-refractivity contribution in [2.24, 2.45) is 0 Å². The fourth-order valence-corrected chi connectivity index (χ4v) is 1.19. The van der Waals surface area contributed by atoms with Crippen molar-refractivity contribution in [1.82, 2.24) is 20.2 Å². The molecule has 2 heterocycles. The number of nitrogens with two attached hydrogens (primary N) is 1. The van der Waals surface area contributed by atoms with E-state index >= 15 is 0 Å². The van der Waals surface area contributed by atoms with E-state index in [9.17, 15) is 0 Å². The second-order valence-electron chi connectivity index (χ2n) is 3.18. The molecule has 0 unspecified atom stereocenters. The minimum atomic E-state index is 0.455. The standard InChI is InChI=1S/C9H12N6/c1-6-7(5-13-15-6)4-12-9-11-3-2-8(10)14-9/h2-3,5H,4H2,1H3,(H,13,15)(H3,10,11,12,14). The summed E-state index contributed by atoms with van der Waals surface area (Å²) in [6, 6.07) is 1.65. The third-order valence-corrected chi connectivity index (χ3v) is 2.05. The Kier molecular flexibility index (Phi) is 2.49. The molecule has 0 aromatic carbocycles. The number of anilines is 2. The molecule has 2 aromatic heterocycles. The van der Waals surface area contributed by atoms with Gasteiger partial charge in [-0.05, 0) is 13.0 Å². The predicted molar refractivity (Wildman–Crippen MR) is 57.1 cm³/mol. The topological polar surface area (TPSA) is 92.5 Å². The molecular weight excluding hydrogens is 192 g/mol. The van der Waals surface area contributed by atoms with E-state index in [0.717, 1.165) is 11.3 Å². The molecule has 0 aliphatic carbocycles. The van der Waals surface area contributed by atoms with Crippen LogP contribution < -0.4 is 11.1 Å². The van der Waals surface area contributed by atoms with Crippen molar-refractivity contribution < 1.29 is 0 Å². The van der Waals surface area contributed by atoms with Crippen LogP contribution in [0.25, 0.3) is 0 Å². The van der Waals surface area contributed by atoms with E-state index in [4.69, 9.17) is 5.73 Å². The van der Waals surface area contributed by atoms with E-state index in [1.54, 1.807) is 18.5 Å². The highest BCUT2D eigenvalue weighted by Crippen LogP contribution is 2.06. The molecule has 0 aliphatic rings. The summed E-state index contributed by atoms with van der Waals surface area (Å²) < 4.78 is 0. The van der Waals surface area contributed by atoms with Crippen molar-refractivity contribution in [2.45, 2.75) is 13.5 Å². The van der Waals surface area contributed by atoms with Crippen LogP contribution in [0, 0.1) is 6.92 Å². The Balaban J connectivity index is 2.02. The molecule has 78 valence electrons. The van der Waals surface area contributed by atoms with E-state index in [0.29, 0.717) is 18.3 Å². The minimum Gasteiger partial charge on any atom is -0.384 e. The lowest BCUT2D eigenvalue weighted by Gasteiger charge is -2.03. The second kappa shape index (κ2) is 3.95. The Hall–Kier alpha value is -2.11. The van der Waals surface area contributed by atoms with Gasteiger partial charge in [0.05, 0.1) is 6.20 Å². The van der Waals surface area contributed by atoms with Crippen molar-refractivity contribution in [2.75, 3.05) is 11.1 Å². The molecule has 0 saturated heterocycles. The van der Waals surface area contributed by atoms with Gasteiger partial charge in [0, 0.05) is 24.0 Å². The molecule has 2 aromatic rings. The first-order valence-corrected chi connectivity index (χ1v) is 4.57. The number of hydrogen-bond acceptors (Lipinski definition) is 5. The highest BCUT2D eigenvalue weighted by molar-refractivity contribution is 5.35. The van der Waals surface area contributed by atoms with Gasteiger partial charge in [-0.1, -0.05) is 0 Å². The summed E-state index contributed by atoms with van der Waals surface area (Å²) in [4.78, 5) is 8.06. The number of nitrogens with one attached hydrogen (secondary N) is 2. The van der Waals surface area contributed by atoms with Gasteiger partial charge in [0.25, 0.3) is 0 Å². The number of aromatic amines is 1. The van der Waals surface area contributed by atoms with Crippen molar-refractivity contribution in [3.63, 3.8) is 0 Å². The van der Waals surface area contributed by atoms with E-state index < -0.39 is 0 Å². The molecule has 0 amide bonds. The summed E-state index contributed by atoms with van der Waals surface area (Å²) in [5.41, 5.74) is 7.65. The Morgan fingerprint density at radius 2 is 2.40 bits per heavy atom. The van der Waals surface area contributed by atoms with Crippen molar-refractivity contribution in [3.05, 3.63) is 29.7 Å². The first-order valence-electron chi connectivity index (χ1n) is 4.57. The molecule has 15 heavy (non-hydrogen) atoms. The molecule has 6 nitrogen and oxygen atoms in total. The lowest BCUT2D eigenvalue weighted by atomic mass is 10.3. The molecule has 0 aliphatic heterocycles. The Bertz CT molecular complexity index is 449. The number of aromatic nitrogens is 4. The van der Waals surface area contributed by atoms with Crippen LogP contribution in [-0.4, -0.2) is 20.2 Å². The van der Waals surface area contributed by atoms with Gasteiger partial charge >= 0.3 is 0 Å². The normalized spacial score (nSPS) is 10.2. The van der Waals surface area contributed by atoms with Gasteiger partial charge in [-0.15, -0.1) is 0 Å². The maximum absolute atomic E-state index is 5.53. The molecule has 0 saturated carbocycles. The summed E-state index contributed by atoms with van der Waals surface area (Å²) in [5.74, 6) is 0.979. The average molecular weight is 204 g/mol. The zero-order valence-electron chi connectivity index (χ0n) is 8.36. The third-order valence-electron chi connectivity index (χ3n) is 2.05. The molecule has 0 radical (unpaired) electrons. The molecule has 6 heteroatoms. The van der Waals surface area contributed by atoms with Gasteiger partial charge < -0.3 is 11.1 Å². The predicted octanol–water partition coefficient (Wildman–Crippen LogP) is 0.702. The largest absolute Gasteiger partial charge is 0.384 e. The third kappa shape index (κ3) is 2.22. The van der Waals surface area contributed by atoms with E-state index in [1.807, 2.05) is 6.92 Å². The van der Waals surface area contributed by atoms with Crippen LogP contribution in [0.3, 0.4) is 0 Å². The van der Waals surface area contributed by atoms with E-state index in [2.05, 4.69) is 25.5 Å². The van der Waals surface area contributed by atoms with Gasteiger partial charge in [0.1, 0.15) is 5.82 Å². The minimum absolute atomic E-state index is 0.455. The average Bonchev–Trinajstić information content (AvgIpc) is 2.61. The SMILES string of the molecule is Cc1[nH]ncc1CNc1nccc(N)n1. The first kappa shape index (κ1) is 9.45. The van der Waals surface area contributed by atoms with Crippen LogP contribution >= 0.6 is 0 Å². The summed E-state index contributed by atoms with van der Waals surface area (Å²) in [6.45, 7) is 2.59. The molecule has 0 bridgehead atoms. The number of rotatable bonds is 3. The number of hydrogen-bond donors (Lipinski definition) is 3. The van der Waals surface area contributed by atoms with E-state index in [-0.39, 0.29) is 0 Å². The van der Waals surface area contributed by atoms with Crippen molar-refractivity contribution in [3.8, 4) is 0 Å². The zero-order chi connectivity index (χ0) is 10.7. The summed E-state index contributed by atoms with van der Waals surface area (Å²) in [5, 5.41) is 9.85. The monoisotopic (exact) mass is 204 g/mol. The van der Waals surface area contributed by atoms with Crippen molar-refractivity contribution >= 4 is 11.8 Å². The molecule has 0 atom stereocenters. The first-order chi connectivity index (χ1) is 7.25. The second-order valence-corrected chi connectivity index (χ2v) is 3.18. The highest BCUT2D eigenvalue weighted by atomic mass is 15.1.